The highest BCUT2D eigenvalue weighted by Crippen LogP contribution is 2.22. The first kappa shape index (κ1) is 96.5. The molecule has 6 aromatic rings. The first-order valence-electron chi connectivity index (χ1n) is 39.9. The van der Waals surface area contributed by atoms with Gasteiger partial charge >= 0.3 is 35.8 Å². The van der Waals surface area contributed by atoms with Crippen LogP contribution < -0.4 is 31.9 Å². The molecule has 8 rings (SSSR count). The van der Waals surface area contributed by atoms with Crippen molar-refractivity contribution < 1.29 is 74.0 Å². The standard InChI is InChI=1S/C28H54N8O.C26H32N2O8.C16H22N2O6.C15H19N3/c1-25(2)37-24-28-20-26(22-35-15-11-31-7-3-29-4-8-32-12-16-35)19-27(21-28)23-36-17-13-33-9-5-30-6-10-34-14-18-36;29-23(30)15-27(16-24(31)32)13-21-11-5-3-9-19(21)7-1-2-8-20-10-4-6-12-22(20)14-28(17-25(33)34)18-26(35)36;1-12(19)8-17(10-15(21)22)6-7-18(11-16(23)24)9-13-4-2-3-5-14(13)20;1-13(2)18(11-14-7-3-5-9-16-14)12-15-8-4-6-10-17-15/h19-21,25,29-34H,3-18,22-24H2,1-2H3;3-6,9-12H,1-2,7-8,13-18H2,(H,29,30)(H,31,32)(H,33,34)(H,35,36);2-5,20H,6-11H2,1H3,(H,21,22)(H,23,24);3-10,13H,11-12H2,1-2H3. The lowest BCUT2D eigenvalue weighted by Crippen LogP contribution is -2.41. The molecular formula is C85H127N15O15. The maximum absolute atomic E-state index is 11.2. The number of aliphatic carboxylic acids is 6. The number of Topliss-reactive ketones (excluding diaryl/α,β-unsaturated/α-hetero) is 1. The number of phenols is 1. The van der Waals surface area contributed by atoms with Crippen LogP contribution in [0.4, 0.5) is 0 Å². The number of hydrogen-bond acceptors (Lipinski definition) is 24. The Hall–Kier alpha value is -9.09. The molecule has 2 saturated heterocycles. The molecule has 13 N–H and O–H groups in total. The Morgan fingerprint density at radius 3 is 1.09 bits per heavy atom. The van der Waals surface area contributed by atoms with Crippen LogP contribution in [0.15, 0.2) is 140 Å². The minimum atomic E-state index is -1.09. The smallest absolute Gasteiger partial charge is 0.317 e. The maximum atomic E-state index is 11.2. The fourth-order valence-corrected chi connectivity index (χ4v) is 13.1. The molecule has 0 aliphatic carbocycles. The zero-order valence-corrected chi connectivity index (χ0v) is 68.0. The van der Waals surface area contributed by atoms with Gasteiger partial charge in [0, 0.05) is 188 Å². The van der Waals surface area contributed by atoms with E-state index in [1.165, 1.54) is 44.4 Å². The van der Waals surface area contributed by atoms with E-state index in [0.29, 0.717) is 18.2 Å². The predicted molar refractivity (Wildman–Crippen MR) is 443 cm³/mol. The molecule has 4 heterocycles. The summed E-state index contributed by atoms with van der Waals surface area (Å²) in [4.78, 5) is 99.6. The number of pyridine rings is 2. The zero-order valence-electron chi connectivity index (χ0n) is 68.0. The molecule has 2 aromatic heterocycles. The third-order valence-electron chi connectivity index (χ3n) is 18.6. The largest absolute Gasteiger partial charge is 0.508 e. The number of benzene rings is 4. The van der Waals surface area contributed by atoms with Crippen LogP contribution in [0.3, 0.4) is 0 Å². The van der Waals surface area contributed by atoms with Gasteiger partial charge in [0.2, 0.25) is 0 Å². The quantitative estimate of drug-likeness (QED) is 0.0222. The molecular weight excluding hydrogens is 1470 g/mol. The Labute approximate surface area is 678 Å². The van der Waals surface area contributed by atoms with E-state index >= 15 is 0 Å². The summed E-state index contributed by atoms with van der Waals surface area (Å²) in [7, 11) is 0. The van der Waals surface area contributed by atoms with Gasteiger partial charge < -0.3 is 72.4 Å². The van der Waals surface area contributed by atoms with Crippen LogP contribution in [0.25, 0.3) is 0 Å². The third kappa shape index (κ3) is 45.1. The van der Waals surface area contributed by atoms with Gasteiger partial charge in [-0.2, -0.15) is 0 Å². The number of ether oxygens (including phenoxy) is 1. The Morgan fingerprint density at radius 2 is 0.730 bits per heavy atom. The molecule has 0 saturated carbocycles. The lowest BCUT2D eigenvalue weighted by molar-refractivity contribution is -0.144. The highest BCUT2D eigenvalue weighted by molar-refractivity contribution is 5.78. The van der Waals surface area contributed by atoms with Gasteiger partial charge in [-0.25, -0.2) is 0 Å². The van der Waals surface area contributed by atoms with Gasteiger partial charge in [0.1, 0.15) is 11.5 Å². The van der Waals surface area contributed by atoms with Crippen LogP contribution in [-0.4, -0.2) is 297 Å². The number of carboxylic acid groups (broad SMARTS) is 6. The fourth-order valence-electron chi connectivity index (χ4n) is 13.1. The summed E-state index contributed by atoms with van der Waals surface area (Å²) in [5, 5.41) is 85.4. The number of unbranched alkanes of at least 4 members (excludes halogenated alkanes) is 1. The highest BCUT2D eigenvalue weighted by Gasteiger charge is 2.21. The van der Waals surface area contributed by atoms with Gasteiger partial charge in [-0.05, 0) is 130 Å². The molecule has 0 amide bonds. The van der Waals surface area contributed by atoms with Crippen molar-refractivity contribution in [3.8, 4) is 5.75 Å². The van der Waals surface area contributed by atoms with E-state index in [1.807, 2.05) is 85.2 Å². The Morgan fingerprint density at radius 1 is 0.400 bits per heavy atom. The van der Waals surface area contributed by atoms with Gasteiger partial charge in [-0.15, -0.1) is 0 Å². The summed E-state index contributed by atoms with van der Waals surface area (Å²) in [5.41, 5.74) is 10.7. The number of carbonyl (C=O) groups is 7. The SMILES string of the molecule is CC(=O)CN(CCN(CC(=O)O)Cc1ccccc1O)CC(=O)O.CC(C)N(Cc1ccccn1)Cc1ccccn1.CC(C)OCc1cc(CN2CCNCCNCCNCC2)cc(CN2CCNCCNCCNCC2)c1.O=C(O)CN(CC(=O)O)Cc1ccccc1CCCCc1ccccc1CN(CC(=O)O)CC(=O)O. The number of hydrogen-bond donors (Lipinski definition) is 13. The van der Waals surface area contributed by atoms with Crippen LogP contribution in [0, 0.1) is 0 Å². The topological polar surface area (TPSA) is 391 Å². The lowest BCUT2D eigenvalue weighted by Gasteiger charge is -2.26. The predicted octanol–water partition coefficient (Wildman–Crippen LogP) is 5.12. The molecule has 2 fully saturated rings. The lowest BCUT2D eigenvalue weighted by atomic mass is 9.97. The van der Waals surface area contributed by atoms with E-state index < -0.39 is 35.8 Å². The molecule has 0 spiro atoms. The second-order valence-corrected chi connectivity index (χ2v) is 29.4. The first-order valence-corrected chi connectivity index (χ1v) is 39.9. The van der Waals surface area contributed by atoms with Crippen molar-refractivity contribution in [2.75, 3.05) is 164 Å². The summed E-state index contributed by atoms with van der Waals surface area (Å²) < 4.78 is 6.02. The number of para-hydroxylation sites is 1. The van der Waals surface area contributed by atoms with Crippen LogP contribution >= 0.6 is 0 Å². The van der Waals surface area contributed by atoms with E-state index in [9.17, 15) is 38.7 Å². The molecule has 632 valence electrons. The number of rotatable bonds is 40. The van der Waals surface area contributed by atoms with Crippen molar-refractivity contribution in [1.82, 2.24) is 76.2 Å². The van der Waals surface area contributed by atoms with Crippen LogP contribution in [0.5, 0.6) is 5.75 Å². The molecule has 0 radical (unpaired) electrons. The summed E-state index contributed by atoms with van der Waals surface area (Å²) >= 11 is 0. The number of carboxylic acids is 6. The monoisotopic (exact) mass is 1600 g/mol. The van der Waals surface area contributed by atoms with Crippen LogP contribution in [-0.2, 0) is 104 Å². The average molecular weight is 1600 g/mol. The minimum Gasteiger partial charge on any atom is -0.508 e. The van der Waals surface area contributed by atoms with Crippen molar-refractivity contribution in [3.05, 3.63) is 196 Å². The molecule has 2 aliphatic rings. The van der Waals surface area contributed by atoms with Crippen molar-refractivity contribution in [1.29, 1.82) is 0 Å². The maximum Gasteiger partial charge on any atom is 0.317 e. The Kier molecular flexibility index (Phi) is 47.9. The van der Waals surface area contributed by atoms with Crippen LogP contribution in [0.1, 0.15) is 103 Å². The molecule has 0 unspecified atom stereocenters. The van der Waals surface area contributed by atoms with Gasteiger partial charge in [-0.3, -0.25) is 77.8 Å². The highest BCUT2D eigenvalue weighted by atomic mass is 16.5. The molecule has 0 bridgehead atoms. The third-order valence-corrected chi connectivity index (χ3v) is 18.6. The van der Waals surface area contributed by atoms with Gasteiger partial charge in [0.25, 0.3) is 0 Å². The summed E-state index contributed by atoms with van der Waals surface area (Å²) in [6, 6.07) is 41.4. The van der Waals surface area contributed by atoms with E-state index in [-0.39, 0.29) is 96.2 Å². The Balaban J connectivity index is 0.000000283. The summed E-state index contributed by atoms with van der Waals surface area (Å²) in [5.74, 6) is -6.52. The number of aryl methyl sites for hydroxylation is 2. The van der Waals surface area contributed by atoms with Gasteiger partial charge in [0.05, 0.1) is 69.9 Å². The molecule has 115 heavy (non-hydrogen) atoms. The number of nitrogens with one attached hydrogen (secondary N) is 6. The normalized spacial score (nSPS) is 14.4. The molecule has 4 aromatic carbocycles. The number of phenolic OH excluding ortho intramolecular Hbond substituents is 1. The number of carbonyl (C=O) groups excluding carboxylic acids is 1. The van der Waals surface area contributed by atoms with E-state index in [2.05, 4.69) is 115 Å². The van der Waals surface area contributed by atoms with Crippen molar-refractivity contribution in [2.24, 2.45) is 0 Å². The number of nitrogens with zero attached hydrogens (tertiary/aromatic N) is 9. The second kappa shape index (κ2) is 57.0. The molecule has 0 atom stereocenters. The first-order chi connectivity index (χ1) is 55.3. The number of ketones is 1. The van der Waals surface area contributed by atoms with Gasteiger partial charge in [0.15, 0.2) is 0 Å². The Bertz CT molecular complexity index is 3530. The van der Waals surface area contributed by atoms with Crippen molar-refractivity contribution >= 4 is 41.6 Å². The van der Waals surface area contributed by atoms with E-state index in [4.69, 9.17) is 35.4 Å². The molecule has 30 heteroatoms. The average Bonchev–Trinajstić information content (AvgIpc) is 0.864. The minimum absolute atomic E-state index is 0.0101. The summed E-state index contributed by atoms with van der Waals surface area (Å²) in [6.07, 6.45) is 7.04. The zero-order chi connectivity index (χ0) is 83.4. The van der Waals surface area contributed by atoms with Crippen molar-refractivity contribution in [2.45, 2.75) is 125 Å². The summed E-state index contributed by atoms with van der Waals surface area (Å²) in [6.45, 7) is 30.0. The fraction of sp³-hybridized carbons (Fsp3) is 0.518. The van der Waals surface area contributed by atoms with Crippen LogP contribution in [0.2, 0.25) is 0 Å². The van der Waals surface area contributed by atoms with Gasteiger partial charge in [-0.1, -0.05) is 97.1 Å². The van der Waals surface area contributed by atoms with E-state index in [0.717, 1.165) is 190 Å². The molecule has 30 nitrogen and oxygen atoms in total. The van der Waals surface area contributed by atoms with E-state index in [1.54, 1.807) is 23.1 Å². The van der Waals surface area contributed by atoms with Crippen molar-refractivity contribution in [3.63, 3.8) is 0 Å². The molecule has 2 aliphatic heterocycles. The second-order valence-electron chi connectivity index (χ2n) is 29.4. The number of aromatic hydroxyl groups is 1. The number of aromatic nitrogens is 2.